The number of primary sulfonamides is 1. The molecule has 0 radical (unpaired) electrons. The van der Waals surface area contributed by atoms with Crippen LogP contribution >= 0.6 is 11.6 Å². The molecule has 0 atom stereocenters. The first-order chi connectivity index (χ1) is 11.8. The summed E-state index contributed by atoms with van der Waals surface area (Å²) in [5.41, 5.74) is 1.11. The lowest BCUT2D eigenvalue weighted by Gasteiger charge is -2.11. The van der Waals surface area contributed by atoms with Gasteiger partial charge < -0.3 is 9.47 Å². The van der Waals surface area contributed by atoms with E-state index in [4.69, 9.17) is 26.2 Å². The summed E-state index contributed by atoms with van der Waals surface area (Å²) in [6.07, 6.45) is 1.35. The van der Waals surface area contributed by atoms with Gasteiger partial charge in [-0.2, -0.15) is 9.97 Å². The Labute approximate surface area is 149 Å². The second-order valence-electron chi connectivity index (χ2n) is 5.24. The molecule has 8 nitrogen and oxygen atoms in total. The molecule has 0 spiro atoms. The average molecular weight is 383 g/mol. The monoisotopic (exact) mass is 382 g/mol. The maximum Gasteiger partial charge on any atom is 0.240 e. The Morgan fingerprint density at radius 2 is 1.76 bits per heavy atom. The minimum Gasteiger partial charge on any atom is -0.481 e. The molecule has 10 heteroatoms. The molecule has 0 saturated carbocycles. The van der Waals surface area contributed by atoms with Gasteiger partial charge >= 0.3 is 0 Å². The number of benzene rings is 1. The largest absolute Gasteiger partial charge is 0.481 e. The first-order valence-corrected chi connectivity index (χ1v) is 8.99. The molecule has 0 aliphatic carbocycles. The van der Waals surface area contributed by atoms with Gasteiger partial charge in [0.1, 0.15) is 4.90 Å². The van der Waals surface area contributed by atoms with Crippen molar-refractivity contribution in [3.05, 3.63) is 35.0 Å². The summed E-state index contributed by atoms with van der Waals surface area (Å²) >= 11 is 6.06. The van der Waals surface area contributed by atoms with Gasteiger partial charge in [0.2, 0.25) is 27.7 Å². The van der Waals surface area contributed by atoms with Crippen molar-refractivity contribution in [2.24, 2.45) is 5.14 Å². The van der Waals surface area contributed by atoms with Crippen LogP contribution in [-0.4, -0.2) is 37.2 Å². The third-order valence-corrected chi connectivity index (χ3v) is 4.86. The Morgan fingerprint density at radius 1 is 1.16 bits per heavy atom. The molecule has 2 N–H and O–H groups in total. The van der Waals surface area contributed by atoms with Gasteiger partial charge in [-0.1, -0.05) is 11.6 Å². The lowest BCUT2D eigenvalue weighted by molar-refractivity contribution is 0.365. The zero-order valence-corrected chi connectivity index (χ0v) is 15.2. The predicted octanol–water partition coefficient (Wildman–Crippen LogP) is 2.05. The number of hydrogen-bond donors (Lipinski definition) is 1. The van der Waals surface area contributed by atoms with E-state index in [1.165, 1.54) is 25.0 Å². The van der Waals surface area contributed by atoms with Gasteiger partial charge in [-0.15, -0.1) is 0 Å². The quantitative estimate of drug-likeness (QED) is 0.739. The number of nitrogens with two attached hydrogens (primary N) is 1. The molecule has 2 heterocycles. The summed E-state index contributed by atoms with van der Waals surface area (Å²) in [5.74, 6) is 0.784. The first-order valence-electron chi connectivity index (χ1n) is 7.06. The van der Waals surface area contributed by atoms with Crippen molar-refractivity contribution < 1.29 is 17.9 Å². The third kappa shape index (κ3) is 3.01. The molecule has 0 unspecified atom stereocenters. The summed E-state index contributed by atoms with van der Waals surface area (Å²) in [6.45, 7) is 1.75. The van der Waals surface area contributed by atoms with Crippen molar-refractivity contribution in [1.29, 1.82) is 0 Å². The Bertz CT molecular complexity index is 1050. The van der Waals surface area contributed by atoms with E-state index in [1.807, 2.05) is 0 Å². The topological polar surface area (TPSA) is 109 Å². The van der Waals surface area contributed by atoms with Gasteiger partial charge in [0.25, 0.3) is 0 Å². The number of halogens is 1. The molecular formula is C15H15ClN4O4S. The van der Waals surface area contributed by atoms with Crippen LogP contribution in [0.2, 0.25) is 5.02 Å². The van der Waals surface area contributed by atoms with Crippen LogP contribution in [0.5, 0.6) is 11.8 Å². The highest BCUT2D eigenvalue weighted by Gasteiger charge is 2.21. The smallest absolute Gasteiger partial charge is 0.240 e. The Balaban J connectivity index is 2.38. The van der Waals surface area contributed by atoms with E-state index in [0.717, 1.165) is 0 Å². The van der Waals surface area contributed by atoms with E-state index in [2.05, 4.69) is 9.97 Å². The number of ether oxygens (including phenoxy) is 2. The van der Waals surface area contributed by atoms with Crippen molar-refractivity contribution in [3.8, 4) is 17.7 Å². The molecule has 0 aliphatic rings. The minimum atomic E-state index is -3.95. The van der Waals surface area contributed by atoms with E-state index >= 15 is 0 Å². The number of methoxy groups -OCH3 is 2. The number of nitrogens with zero attached hydrogens (tertiary/aromatic N) is 3. The van der Waals surface area contributed by atoms with Gasteiger partial charge in [0.05, 0.1) is 25.3 Å². The fraction of sp³-hybridized carbons (Fsp3) is 0.200. The van der Waals surface area contributed by atoms with E-state index < -0.39 is 10.0 Å². The maximum atomic E-state index is 11.9. The molecule has 0 saturated heterocycles. The molecule has 0 fully saturated rings. The molecule has 3 rings (SSSR count). The molecular weight excluding hydrogens is 368 g/mol. The second-order valence-corrected chi connectivity index (χ2v) is 7.20. The maximum absolute atomic E-state index is 11.9. The third-order valence-electron chi connectivity index (χ3n) is 3.68. The van der Waals surface area contributed by atoms with Crippen LogP contribution in [0.4, 0.5) is 0 Å². The molecule has 0 amide bonds. The van der Waals surface area contributed by atoms with Crippen molar-refractivity contribution in [2.75, 3.05) is 14.2 Å². The van der Waals surface area contributed by atoms with Crippen LogP contribution in [-0.2, 0) is 10.0 Å². The van der Waals surface area contributed by atoms with Crippen LogP contribution in [0, 0.1) is 6.92 Å². The van der Waals surface area contributed by atoms with Gasteiger partial charge in [0, 0.05) is 16.6 Å². The fourth-order valence-corrected chi connectivity index (χ4v) is 3.43. The van der Waals surface area contributed by atoms with Gasteiger partial charge in [-0.3, -0.25) is 4.57 Å². The molecule has 0 aliphatic heterocycles. The normalized spacial score (nSPS) is 11.7. The number of aromatic nitrogens is 3. The highest BCUT2D eigenvalue weighted by Crippen LogP contribution is 2.31. The van der Waals surface area contributed by atoms with Crippen LogP contribution in [0.1, 0.15) is 5.56 Å². The summed E-state index contributed by atoms with van der Waals surface area (Å²) in [4.78, 5) is 8.58. The predicted molar refractivity (Wildman–Crippen MR) is 93.1 cm³/mol. The number of fused-ring (bicyclic) bond motifs is 1. The van der Waals surface area contributed by atoms with E-state index in [0.29, 0.717) is 33.2 Å². The summed E-state index contributed by atoms with van der Waals surface area (Å²) in [6, 6.07) is 4.77. The lowest BCUT2D eigenvalue weighted by Crippen LogP contribution is -2.11. The summed E-state index contributed by atoms with van der Waals surface area (Å²) < 4.78 is 35.8. The molecule has 1 aromatic carbocycles. The molecule has 2 aromatic heterocycles. The zero-order valence-electron chi connectivity index (χ0n) is 13.6. The van der Waals surface area contributed by atoms with Gasteiger partial charge in [-0.05, 0) is 25.1 Å². The number of hydrogen-bond acceptors (Lipinski definition) is 6. The zero-order chi connectivity index (χ0) is 18.4. The average Bonchev–Trinajstić information content (AvgIpc) is 2.94. The molecule has 25 heavy (non-hydrogen) atoms. The summed E-state index contributed by atoms with van der Waals surface area (Å²) in [5, 5.41) is 6.16. The minimum absolute atomic E-state index is 0.0544. The SMILES string of the molecule is COc1nc(-n2cc(S(N)(=O)=O)c3ccc(Cl)cc32)nc(OC)c1C. The van der Waals surface area contributed by atoms with Crippen LogP contribution in [0.25, 0.3) is 16.9 Å². The number of rotatable bonds is 4. The van der Waals surface area contributed by atoms with Crippen molar-refractivity contribution >= 4 is 32.5 Å². The van der Waals surface area contributed by atoms with E-state index in [1.54, 1.807) is 25.1 Å². The number of sulfonamides is 1. The second kappa shape index (κ2) is 6.17. The van der Waals surface area contributed by atoms with Crippen LogP contribution in [0.3, 0.4) is 0 Å². The highest BCUT2D eigenvalue weighted by atomic mass is 35.5. The molecule has 0 bridgehead atoms. The Hall–Kier alpha value is -2.36. The Kier molecular flexibility index (Phi) is 4.31. The summed E-state index contributed by atoms with van der Waals surface area (Å²) in [7, 11) is -1.01. The lowest BCUT2D eigenvalue weighted by atomic mass is 10.2. The van der Waals surface area contributed by atoms with E-state index in [-0.39, 0.29) is 10.8 Å². The standard InChI is InChI=1S/C15H15ClN4O4S/c1-8-13(23-2)18-15(19-14(8)24-3)20-7-12(25(17,21)22)10-5-4-9(16)6-11(10)20/h4-7H,1-3H3,(H2,17,21,22). The van der Waals surface area contributed by atoms with Gasteiger partial charge in [0.15, 0.2) is 0 Å². The van der Waals surface area contributed by atoms with Crippen molar-refractivity contribution in [2.45, 2.75) is 11.8 Å². The fourth-order valence-electron chi connectivity index (χ4n) is 2.53. The van der Waals surface area contributed by atoms with Crippen molar-refractivity contribution in [1.82, 2.24) is 14.5 Å². The molecule has 3 aromatic rings. The highest BCUT2D eigenvalue weighted by molar-refractivity contribution is 7.89. The van der Waals surface area contributed by atoms with Crippen LogP contribution < -0.4 is 14.6 Å². The van der Waals surface area contributed by atoms with Crippen LogP contribution in [0.15, 0.2) is 29.3 Å². The van der Waals surface area contributed by atoms with Crippen molar-refractivity contribution in [3.63, 3.8) is 0 Å². The van der Waals surface area contributed by atoms with E-state index in [9.17, 15) is 8.42 Å². The molecule has 132 valence electrons. The Morgan fingerprint density at radius 3 is 2.28 bits per heavy atom. The van der Waals surface area contributed by atoms with Gasteiger partial charge in [-0.25, -0.2) is 13.6 Å². The first kappa shape index (κ1) is 17.5.